The molecule has 4 N–H and O–H groups in total. The summed E-state index contributed by atoms with van der Waals surface area (Å²) in [5.41, 5.74) is 12.4. The quantitative estimate of drug-likeness (QED) is 0.873. The second-order valence-electron chi connectivity index (χ2n) is 5.83. The number of primary amides is 2. The van der Waals surface area contributed by atoms with Crippen LogP contribution in [-0.2, 0) is 16.0 Å². The monoisotopic (exact) mass is 339 g/mol. The molecule has 5 nitrogen and oxygen atoms in total. The summed E-state index contributed by atoms with van der Waals surface area (Å²) in [6.07, 6.45) is 7.45. The summed E-state index contributed by atoms with van der Waals surface area (Å²) in [6.45, 7) is 0. The maximum absolute atomic E-state index is 12.1. The van der Waals surface area contributed by atoms with Gasteiger partial charge < -0.3 is 11.5 Å². The Hall–Kier alpha value is -2.73. The lowest BCUT2D eigenvalue weighted by Gasteiger charge is -2.30. The van der Waals surface area contributed by atoms with E-state index in [-0.39, 0.29) is 6.42 Å². The summed E-state index contributed by atoms with van der Waals surface area (Å²) >= 11 is 1.55. The van der Waals surface area contributed by atoms with Crippen LogP contribution in [-0.4, -0.2) is 16.8 Å². The van der Waals surface area contributed by atoms with Crippen LogP contribution in [0.4, 0.5) is 0 Å². The van der Waals surface area contributed by atoms with E-state index >= 15 is 0 Å². The molecule has 2 amide bonds. The number of allylic oxidation sites excluding steroid dienone is 2. The number of amides is 2. The van der Waals surface area contributed by atoms with E-state index in [1.165, 1.54) is 0 Å². The lowest BCUT2D eigenvalue weighted by atomic mass is 9.73. The molecule has 1 unspecified atom stereocenters. The summed E-state index contributed by atoms with van der Waals surface area (Å²) in [6, 6.07) is 7.85. The Kier molecular flexibility index (Phi) is 4.31. The number of hydrogen-bond donors (Lipinski definition) is 2. The zero-order valence-electron chi connectivity index (χ0n) is 12.9. The normalized spacial score (nSPS) is 19.8. The first-order chi connectivity index (χ1) is 11.5. The van der Waals surface area contributed by atoms with Crippen molar-refractivity contribution in [3.63, 3.8) is 0 Å². The van der Waals surface area contributed by atoms with Gasteiger partial charge in [-0.2, -0.15) is 0 Å². The van der Waals surface area contributed by atoms with Crippen LogP contribution in [0.2, 0.25) is 0 Å². The fourth-order valence-corrected chi connectivity index (χ4v) is 3.53. The number of nitrogens with two attached hydrogens (primary N) is 2. The van der Waals surface area contributed by atoms with Crippen molar-refractivity contribution in [2.24, 2.45) is 16.9 Å². The maximum atomic E-state index is 12.1. The fraction of sp³-hybridized carbons (Fsp3) is 0.167. The van der Waals surface area contributed by atoms with E-state index in [1.807, 2.05) is 29.6 Å². The zero-order valence-corrected chi connectivity index (χ0v) is 13.8. The van der Waals surface area contributed by atoms with Gasteiger partial charge in [0.1, 0.15) is 5.01 Å². The molecule has 24 heavy (non-hydrogen) atoms. The molecule has 0 spiro atoms. The van der Waals surface area contributed by atoms with Gasteiger partial charge in [-0.05, 0) is 24.5 Å². The van der Waals surface area contributed by atoms with E-state index in [0.29, 0.717) is 12.0 Å². The third kappa shape index (κ3) is 3.14. The average molecular weight is 339 g/mol. The molecule has 1 heterocycles. The topological polar surface area (TPSA) is 99.1 Å². The molecule has 1 aromatic heterocycles. The highest BCUT2D eigenvalue weighted by atomic mass is 32.1. The van der Waals surface area contributed by atoms with E-state index in [0.717, 1.165) is 16.1 Å². The molecule has 1 atom stereocenters. The standard InChI is InChI=1S/C18H17N3O2S/c19-15(22)14-5-2-6-18(11-14,17(20)23)10-12-3-1-4-13(9-12)16-21-7-8-24-16/h1-9H,10-11H2,(H2,19,22)(H2,20,23). The predicted octanol–water partition coefficient (Wildman–Crippen LogP) is 2.20. The predicted molar refractivity (Wildman–Crippen MR) is 93.9 cm³/mol. The molecule has 2 aromatic rings. The average Bonchev–Trinajstić information content (AvgIpc) is 3.09. The van der Waals surface area contributed by atoms with Gasteiger partial charge >= 0.3 is 0 Å². The van der Waals surface area contributed by atoms with Gasteiger partial charge in [0, 0.05) is 22.7 Å². The van der Waals surface area contributed by atoms with Crippen LogP contribution in [0.15, 0.2) is 59.6 Å². The second-order valence-corrected chi connectivity index (χ2v) is 6.72. The van der Waals surface area contributed by atoms with Crippen molar-refractivity contribution in [3.8, 4) is 10.6 Å². The van der Waals surface area contributed by atoms with E-state index in [2.05, 4.69) is 4.98 Å². The molecule has 0 aliphatic heterocycles. The first-order valence-corrected chi connectivity index (χ1v) is 8.35. The molecule has 0 saturated carbocycles. The van der Waals surface area contributed by atoms with Crippen molar-refractivity contribution in [2.75, 3.05) is 0 Å². The van der Waals surface area contributed by atoms with Gasteiger partial charge in [-0.1, -0.05) is 36.4 Å². The molecule has 3 rings (SSSR count). The van der Waals surface area contributed by atoms with Crippen LogP contribution in [0.25, 0.3) is 10.6 Å². The zero-order chi connectivity index (χ0) is 17.2. The largest absolute Gasteiger partial charge is 0.369 e. The fourth-order valence-electron chi connectivity index (χ4n) is 2.90. The molecule has 122 valence electrons. The minimum Gasteiger partial charge on any atom is -0.369 e. The molecule has 1 aliphatic rings. The number of carbonyl (C=O) groups is 2. The van der Waals surface area contributed by atoms with Crippen LogP contribution in [0.3, 0.4) is 0 Å². The summed E-state index contributed by atoms with van der Waals surface area (Å²) in [5.74, 6) is -0.994. The Morgan fingerprint density at radius 1 is 1.29 bits per heavy atom. The summed E-state index contributed by atoms with van der Waals surface area (Å²) in [5, 5.41) is 2.84. The number of aromatic nitrogens is 1. The minimum atomic E-state index is -0.944. The molecule has 0 bridgehead atoms. The molecule has 1 aliphatic carbocycles. The summed E-state index contributed by atoms with van der Waals surface area (Å²) in [7, 11) is 0. The van der Waals surface area contributed by atoms with Crippen molar-refractivity contribution in [2.45, 2.75) is 12.8 Å². The summed E-state index contributed by atoms with van der Waals surface area (Å²) < 4.78 is 0. The number of thiazole rings is 1. The van der Waals surface area contributed by atoms with Gasteiger partial charge in [-0.25, -0.2) is 4.98 Å². The molecule has 6 heteroatoms. The van der Waals surface area contributed by atoms with Crippen molar-refractivity contribution in [1.29, 1.82) is 0 Å². The van der Waals surface area contributed by atoms with Crippen molar-refractivity contribution < 1.29 is 9.59 Å². The Morgan fingerprint density at radius 3 is 2.79 bits per heavy atom. The van der Waals surface area contributed by atoms with E-state index in [9.17, 15) is 9.59 Å². The van der Waals surface area contributed by atoms with Crippen LogP contribution in [0.5, 0.6) is 0 Å². The summed E-state index contributed by atoms with van der Waals surface area (Å²) in [4.78, 5) is 27.9. The van der Waals surface area contributed by atoms with Crippen molar-refractivity contribution >= 4 is 23.2 Å². The third-order valence-corrected chi connectivity index (χ3v) is 4.97. The maximum Gasteiger partial charge on any atom is 0.244 e. The number of rotatable bonds is 5. The lowest BCUT2D eigenvalue weighted by Crippen LogP contribution is -2.40. The minimum absolute atomic E-state index is 0.218. The first-order valence-electron chi connectivity index (χ1n) is 7.47. The number of benzene rings is 1. The number of hydrogen-bond acceptors (Lipinski definition) is 4. The third-order valence-electron chi connectivity index (χ3n) is 4.15. The number of carbonyl (C=O) groups excluding carboxylic acids is 2. The number of nitrogens with zero attached hydrogens (tertiary/aromatic N) is 1. The van der Waals surface area contributed by atoms with Crippen LogP contribution in [0, 0.1) is 5.41 Å². The first kappa shape index (κ1) is 16.1. The Labute approximate surface area is 143 Å². The lowest BCUT2D eigenvalue weighted by molar-refractivity contribution is -0.125. The molecule has 0 fully saturated rings. The van der Waals surface area contributed by atoms with Crippen LogP contribution in [0.1, 0.15) is 12.0 Å². The van der Waals surface area contributed by atoms with Gasteiger partial charge in [0.25, 0.3) is 0 Å². The Bertz CT molecular complexity index is 840. The van der Waals surface area contributed by atoms with E-state index < -0.39 is 17.2 Å². The van der Waals surface area contributed by atoms with Crippen LogP contribution < -0.4 is 11.5 Å². The van der Waals surface area contributed by atoms with Gasteiger partial charge in [-0.3, -0.25) is 9.59 Å². The molecule has 0 radical (unpaired) electrons. The van der Waals surface area contributed by atoms with Gasteiger partial charge in [0.15, 0.2) is 0 Å². The van der Waals surface area contributed by atoms with Gasteiger partial charge in [-0.15, -0.1) is 11.3 Å². The van der Waals surface area contributed by atoms with Crippen molar-refractivity contribution in [1.82, 2.24) is 4.98 Å². The molecular formula is C18H17N3O2S. The molecule has 1 aromatic carbocycles. The van der Waals surface area contributed by atoms with Gasteiger partial charge in [0.05, 0.1) is 5.41 Å². The smallest absolute Gasteiger partial charge is 0.244 e. The Morgan fingerprint density at radius 2 is 2.12 bits per heavy atom. The van der Waals surface area contributed by atoms with E-state index in [1.54, 1.807) is 35.8 Å². The highest BCUT2D eigenvalue weighted by Crippen LogP contribution is 2.36. The van der Waals surface area contributed by atoms with Crippen LogP contribution >= 0.6 is 11.3 Å². The van der Waals surface area contributed by atoms with E-state index in [4.69, 9.17) is 11.5 Å². The SMILES string of the molecule is NC(=O)C1=CC=CC(Cc2cccc(-c3nccs3)c2)(C(N)=O)C1. The van der Waals surface area contributed by atoms with Gasteiger partial charge in [0.2, 0.25) is 11.8 Å². The second kappa shape index (κ2) is 6.41. The molecule has 0 saturated heterocycles. The highest BCUT2D eigenvalue weighted by Gasteiger charge is 2.37. The molecular weight excluding hydrogens is 322 g/mol. The highest BCUT2D eigenvalue weighted by molar-refractivity contribution is 7.13. The Balaban J connectivity index is 1.92. The van der Waals surface area contributed by atoms with Crippen molar-refractivity contribution in [3.05, 3.63) is 65.2 Å².